The highest BCUT2D eigenvalue weighted by molar-refractivity contribution is 9.10. The molecule has 1 aliphatic heterocycles. The van der Waals surface area contributed by atoms with Crippen LogP contribution in [-0.2, 0) is 9.59 Å². The number of Topliss-reactive ketones (excluding diaryl/α,β-unsaturated/α-hetero) is 1. The number of hydrogen-bond acceptors (Lipinski definition) is 3. The highest BCUT2D eigenvalue weighted by Crippen LogP contribution is 2.41. The van der Waals surface area contributed by atoms with E-state index < -0.39 is 5.91 Å². The van der Waals surface area contributed by atoms with Crippen molar-refractivity contribution in [2.45, 2.75) is 70.8 Å². The molecular weight excluding hydrogens is 406 g/mol. The van der Waals surface area contributed by atoms with Gasteiger partial charge >= 0.3 is 0 Å². The molecule has 1 aromatic rings. The van der Waals surface area contributed by atoms with Crippen LogP contribution in [0.2, 0.25) is 0 Å². The Hall–Kier alpha value is -1.62. The largest absolute Gasteiger partial charge is 0.503 e. The van der Waals surface area contributed by atoms with Crippen LogP contribution in [0.25, 0.3) is 0 Å². The van der Waals surface area contributed by atoms with Crippen LogP contribution in [0.15, 0.2) is 40.1 Å². The molecular formula is C22H28BrNO3. The third kappa shape index (κ3) is 4.29. The molecule has 5 heteroatoms. The number of benzene rings is 1. The third-order valence-electron chi connectivity index (χ3n) is 5.76. The van der Waals surface area contributed by atoms with E-state index in [1.807, 2.05) is 24.3 Å². The number of anilines is 1. The second-order valence-electron chi connectivity index (χ2n) is 7.64. The SMILES string of the molecule is CCCCCC(=O)C1=C(O)C(=O)N(c2ccc(Br)cc2)[C@@H]1C1CCCCC1. The van der Waals surface area contributed by atoms with Gasteiger partial charge in [0.1, 0.15) is 0 Å². The van der Waals surface area contributed by atoms with Crippen molar-refractivity contribution in [1.82, 2.24) is 0 Å². The zero-order valence-electron chi connectivity index (χ0n) is 15.9. The molecule has 4 nitrogen and oxygen atoms in total. The molecule has 1 heterocycles. The second-order valence-corrected chi connectivity index (χ2v) is 8.55. The van der Waals surface area contributed by atoms with Gasteiger partial charge in [-0.15, -0.1) is 0 Å². The van der Waals surface area contributed by atoms with Gasteiger partial charge in [0.25, 0.3) is 5.91 Å². The molecule has 0 radical (unpaired) electrons. The summed E-state index contributed by atoms with van der Waals surface area (Å²) < 4.78 is 0.931. The third-order valence-corrected chi connectivity index (χ3v) is 6.29. The Morgan fingerprint density at radius 3 is 2.44 bits per heavy atom. The normalized spacial score (nSPS) is 21.2. The molecule has 0 bridgehead atoms. The summed E-state index contributed by atoms with van der Waals surface area (Å²) in [5.74, 6) is -0.618. The smallest absolute Gasteiger partial charge is 0.294 e. The van der Waals surface area contributed by atoms with Crippen LogP contribution in [0.4, 0.5) is 5.69 Å². The Balaban J connectivity index is 1.95. The van der Waals surface area contributed by atoms with Crippen molar-refractivity contribution in [2.75, 3.05) is 4.90 Å². The minimum absolute atomic E-state index is 0.0653. The predicted octanol–water partition coefficient (Wildman–Crippen LogP) is 5.71. The first kappa shape index (κ1) is 20.1. The number of aliphatic hydroxyl groups excluding tert-OH is 1. The van der Waals surface area contributed by atoms with E-state index in [1.165, 1.54) is 6.42 Å². The van der Waals surface area contributed by atoms with E-state index in [9.17, 15) is 14.7 Å². The van der Waals surface area contributed by atoms with Gasteiger partial charge in [0.15, 0.2) is 11.5 Å². The van der Waals surface area contributed by atoms with Gasteiger partial charge in [0, 0.05) is 16.6 Å². The average molecular weight is 434 g/mol. The summed E-state index contributed by atoms with van der Waals surface area (Å²) in [6.07, 6.45) is 8.63. The lowest BCUT2D eigenvalue weighted by Crippen LogP contribution is -2.42. The first-order chi connectivity index (χ1) is 13.0. The molecule has 1 N–H and O–H groups in total. The maximum atomic E-state index is 13.0. The lowest BCUT2D eigenvalue weighted by atomic mass is 9.79. The van der Waals surface area contributed by atoms with Crippen molar-refractivity contribution < 1.29 is 14.7 Å². The van der Waals surface area contributed by atoms with E-state index in [0.29, 0.717) is 12.0 Å². The van der Waals surface area contributed by atoms with Gasteiger partial charge in [-0.1, -0.05) is 55.0 Å². The molecule has 1 fully saturated rings. The molecule has 0 unspecified atom stereocenters. The summed E-state index contributed by atoms with van der Waals surface area (Å²) >= 11 is 3.43. The molecule has 1 aromatic carbocycles. The zero-order valence-corrected chi connectivity index (χ0v) is 17.5. The predicted molar refractivity (Wildman–Crippen MR) is 111 cm³/mol. The number of carbonyl (C=O) groups is 2. The summed E-state index contributed by atoms with van der Waals surface area (Å²) in [7, 11) is 0. The zero-order chi connectivity index (χ0) is 19.4. The topological polar surface area (TPSA) is 57.6 Å². The first-order valence-electron chi connectivity index (χ1n) is 10.1. The summed E-state index contributed by atoms with van der Waals surface area (Å²) in [4.78, 5) is 27.6. The fourth-order valence-corrected chi connectivity index (χ4v) is 4.63. The van der Waals surface area contributed by atoms with E-state index in [0.717, 1.165) is 55.1 Å². The average Bonchev–Trinajstić information content (AvgIpc) is 2.95. The highest BCUT2D eigenvalue weighted by atomic mass is 79.9. The minimum Gasteiger partial charge on any atom is -0.503 e. The van der Waals surface area contributed by atoms with Gasteiger partial charge in [0.2, 0.25) is 0 Å². The molecule has 1 aliphatic carbocycles. The Kier molecular flexibility index (Phi) is 6.74. The van der Waals surface area contributed by atoms with E-state index in [-0.39, 0.29) is 23.5 Å². The lowest BCUT2D eigenvalue weighted by Gasteiger charge is -2.35. The van der Waals surface area contributed by atoms with Crippen LogP contribution in [0, 0.1) is 5.92 Å². The van der Waals surface area contributed by atoms with Crippen molar-refractivity contribution in [3.05, 3.63) is 40.1 Å². The molecule has 2 aliphatic rings. The molecule has 1 amide bonds. The molecule has 0 aromatic heterocycles. The monoisotopic (exact) mass is 433 g/mol. The molecule has 1 atom stereocenters. The summed E-state index contributed by atoms with van der Waals surface area (Å²) in [5.41, 5.74) is 1.09. The number of nitrogens with zero attached hydrogens (tertiary/aromatic N) is 1. The van der Waals surface area contributed by atoms with Gasteiger partial charge in [-0.2, -0.15) is 0 Å². The number of hydrogen-bond donors (Lipinski definition) is 1. The first-order valence-corrected chi connectivity index (χ1v) is 10.9. The standard InChI is InChI=1S/C22H28BrNO3/c1-2-3-5-10-18(25)19-20(15-8-6-4-7-9-15)24(22(27)21(19)26)17-13-11-16(23)12-14-17/h11-15,20,26H,2-10H2,1H3/t20-/m1/s1. The number of ketones is 1. The number of rotatable bonds is 7. The fourth-order valence-electron chi connectivity index (χ4n) is 4.37. The van der Waals surface area contributed by atoms with Crippen LogP contribution in [-0.4, -0.2) is 22.8 Å². The van der Waals surface area contributed by atoms with Crippen LogP contribution in [0.1, 0.15) is 64.7 Å². The molecule has 27 heavy (non-hydrogen) atoms. The van der Waals surface area contributed by atoms with Crippen LogP contribution in [0.3, 0.4) is 0 Å². The van der Waals surface area contributed by atoms with Crippen molar-refractivity contribution in [1.29, 1.82) is 0 Å². The summed E-state index contributed by atoms with van der Waals surface area (Å²) in [5, 5.41) is 10.6. The van der Waals surface area contributed by atoms with E-state index in [4.69, 9.17) is 0 Å². The van der Waals surface area contributed by atoms with E-state index >= 15 is 0 Å². The second kappa shape index (κ2) is 9.05. The van der Waals surface area contributed by atoms with E-state index in [1.54, 1.807) is 4.90 Å². The Bertz CT molecular complexity index is 720. The lowest BCUT2D eigenvalue weighted by molar-refractivity contribution is -0.118. The van der Waals surface area contributed by atoms with Crippen LogP contribution < -0.4 is 4.90 Å². The highest BCUT2D eigenvalue weighted by Gasteiger charge is 2.46. The molecule has 3 rings (SSSR count). The van der Waals surface area contributed by atoms with Crippen molar-refractivity contribution >= 4 is 33.3 Å². The van der Waals surface area contributed by atoms with E-state index in [2.05, 4.69) is 22.9 Å². The molecule has 0 spiro atoms. The quantitative estimate of drug-likeness (QED) is 0.560. The van der Waals surface area contributed by atoms with Crippen molar-refractivity contribution in [3.63, 3.8) is 0 Å². The number of aliphatic hydroxyl groups is 1. The molecule has 146 valence electrons. The minimum atomic E-state index is -0.438. The van der Waals surface area contributed by atoms with Crippen LogP contribution >= 0.6 is 15.9 Å². The van der Waals surface area contributed by atoms with Gasteiger partial charge < -0.3 is 5.11 Å². The summed E-state index contributed by atoms with van der Waals surface area (Å²) in [6, 6.07) is 7.18. The van der Waals surface area contributed by atoms with Gasteiger partial charge in [-0.05, 0) is 49.4 Å². The maximum Gasteiger partial charge on any atom is 0.294 e. The van der Waals surface area contributed by atoms with Gasteiger partial charge in [-0.3, -0.25) is 14.5 Å². The van der Waals surface area contributed by atoms with Crippen molar-refractivity contribution in [2.24, 2.45) is 5.92 Å². The Morgan fingerprint density at radius 1 is 1.15 bits per heavy atom. The van der Waals surface area contributed by atoms with Gasteiger partial charge in [0.05, 0.1) is 11.6 Å². The van der Waals surface area contributed by atoms with Crippen LogP contribution in [0.5, 0.6) is 0 Å². The van der Waals surface area contributed by atoms with Gasteiger partial charge in [-0.25, -0.2) is 0 Å². The fraction of sp³-hybridized carbons (Fsp3) is 0.545. The molecule has 0 saturated heterocycles. The maximum absolute atomic E-state index is 13.0. The number of halogens is 1. The Labute approximate surface area is 169 Å². The van der Waals surface area contributed by atoms with Crippen molar-refractivity contribution in [3.8, 4) is 0 Å². The number of unbranched alkanes of at least 4 members (excludes halogenated alkanes) is 2. The molecule has 1 saturated carbocycles. The number of amides is 1. The number of carbonyl (C=O) groups excluding carboxylic acids is 2. The Morgan fingerprint density at radius 2 is 1.81 bits per heavy atom. The summed E-state index contributed by atoms with van der Waals surface area (Å²) in [6.45, 7) is 2.10.